The average molecular weight is 321 g/mol. The molecule has 1 amide bonds. The molecule has 22 heavy (non-hydrogen) atoms. The van der Waals surface area contributed by atoms with Crippen LogP contribution in [0.2, 0.25) is 0 Å². The third-order valence-electron chi connectivity index (χ3n) is 2.90. The van der Waals surface area contributed by atoms with Gasteiger partial charge in [-0.05, 0) is 23.6 Å². The number of anilines is 1. The number of hydrogen-bond acceptors (Lipinski definition) is 6. The van der Waals surface area contributed by atoms with Gasteiger partial charge in [-0.1, -0.05) is 37.3 Å². The summed E-state index contributed by atoms with van der Waals surface area (Å²) in [6.07, 6.45) is 0. The van der Waals surface area contributed by atoms with E-state index < -0.39 is 0 Å². The Balaban J connectivity index is 1.81. The number of methoxy groups -OCH3 is 1. The molecule has 1 N–H and O–H groups in total. The third-order valence-corrected chi connectivity index (χ3v) is 3.71. The normalized spacial score (nSPS) is 10.7. The fourth-order valence-electron chi connectivity index (χ4n) is 1.74. The lowest BCUT2D eigenvalue weighted by atomic mass is 10.0. The van der Waals surface area contributed by atoms with E-state index in [0.717, 1.165) is 0 Å². The van der Waals surface area contributed by atoms with Gasteiger partial charge in [-0.25, -0.2) is 0 Å². The second-order valence-electron chi connectivity index (χ2n) is 4.99. The van der Waals surface area contributed by atoms with Crippen molar-refractivity contribution in [3.8, 4) is 5.75 Å². The first-order chi connectivity index (χ1) is 10.6. The van der Waals surface area contributed by atoms with Crippen molar-refractivity contribution in [2.45, 2.75) is 26.4 Å². The summed E-state index contributed by atoms with van der Waals surface area (Å²) in [7, 11) is 1.58. The molecule has 0 aliphatic heterocycles. The zero-order valence-electron chi connectivity index (χ0n) is 12.8. The fourth-order valence-corrected chi connectivity index (χ4v) is 2.47. The van der Waals surface area contributed by atoms with Crippen LogP contribution < -0.4 is 10.1 Å². The highest BCUT2D eigenvalue weighted by atomic mass is 32.1. The molecule has 0 atom stereocenters. The Morgan fingerprint density at radius 1 is 1.27 bits per heavy atom. The number of nitrogens with zero attached hydrogens (tertiary/aromatic N) is 2. The number of aromatic nitrogens is 2. The van der Waals surface area contributed by atoms with Crippen molar-refractivity contribution < 1.29 is 14.3 Å². The van der Waals surface area contributed by atoms with Gasteiger partial charge in [0, 0.05) is 7.11 Å². The molecule has 0 fully saturated rings. The zero-order chi connectivity index (χ0) is 15.9. The first-order valence-corrected chi connectivity index (χ1v) is 7.74. The van der Waals surface area contributed by atoms with E-state index >= 15 is 0 Å². The number of hydrogen-bond donors (Lipinski definition) is 1. The van der Waals surface area contributed by atoms with Gasteiger partial charge in [0.1, 0.15) is 17.4 Å². The van der Waals surface area contributed by atoms with Crippen molar-refractivity contribution in [3.05, 3.63) is 34.8 Å². The molecule has 0 bridgehead atoms. The Hall–Kier alpha value is -1.99. The molecule has 0 saturated carbocycles. The minimum absolute atomic E-state index is 0.0692. The molecule has 0 saturated heterocycles. The Labute approximate surface area is 133 Å². The largest absolute Gasteiger partial charge is 0.484 e. The van der Waals surface area contributed by atoms with Crippen LogP contribution in [0.25, 0.3) is 0 Å². The van der Waals surface area contributed by atoms with E-state index in [0.29, 0.717) is 28.4 Å². The summed E-state index contributed by atoms with van der Waals surface area (Å²) in [5.41, 5.74) is 1.23. The third kappa shape index (κ3) is 4.78. The molecule has 2 aromatic rings. The lowest BCUT2D eigenvalue weighted by Gasteiger charge is -2.08. The summed E-state index contributed by atoms with van der Waals surface area (Å²) in [6, 6.07) is 7.73. The van der Waals surface area contributed by atoms with Crippen molar-refractivity contribution in [1.82, 2.24) is 10.2 Å². The van der Waals surface area contributed by atoms with Crippen molar-refractivity contribution in [1.29, 1.82) is 0 Å². The summed E-state index contributed by atoms with van der Waals surface area (Å²) in [4.78, 5) is 11.8. The summed E-state index contributed by atoms with van der Waals surface area (Å²) in [5.74, 6) is 0.862. The van der Waals surface area contributed by atoms with Gasteiger partial charge in [0.15, 0.2) is 6.61 Å². The topological polar surface area (TPSA) is 73.3 Å². The maximum absolute atomic E-state index is 11.8. The van der Waals surface area contributed by atoms with Crippen molar-refractivity contribution in [3.63, 3.8) is 0 Å². The molecule has 1 aromatic carbocycles. The number of rotatable bonds is 7. The lowest BCUT2D eigenvalue weighted by Crippen LogP contribution is -2.20. The Morgan fingerprint density at radius 2 is 2.00 bits per heavy atom. The molecular weight excluding hydrogens is 302 g/mol. The van der Waals surface area contributed by atoms with Crippen LogP contribution in [-0.2, 0) is 16.1 Å². The Bertz CT molecular complexity index is 611. The van der Waals surface area contributed by atoms with Gasteiger partial charge in [-0.15, -0.1) is 10.2 Å². The van der Waals surface area contributed by atoms with E-state index in [1.807, 2.05) is 24.3 Å². The fraction of sp³-hybridized carbons (Fsp3) is 0.400. The molecule has 6 nitrogen and oxygen atoms in total. The number of amides is 1. The molecule has 0 radical (unpaired) electrons. The van der Waals surface area contributed by atoms with Crippen LogP contribution in [0.15, 0.2) is 24.3 Å². The number of nitrogens with one attached hydrogen (secondary N) is 1. The molecule has 1 aromatic heterocycles. The standard InChI is InChI=1S/C15H19N3O3S/c1-10(2)11-4-6-12(7-5-11)21-8-13(19)16-15-18-17-14(22-15)9-20-3/h4-7,10H,8-9H2,1-3H3,(H,16,18,19). The molecule has 0 aliphatic carbocycles. The van der Waals surface area contributed by atoms with Gasteiger partial charge >= 0.3 is 0 Å². The Morgan fingerprint density at radius 3 is 2.64 bits per heavy atom. The average Bonchev–Trinajstić information content (AvgIpc) is 2.93. The predicted octanol–water partition coefficient (Wildman–Crippen LogP) is 2.83. The smallest absolute Gasteiger partial charge is 0.264 e. The molecule has 0 aliphatic rings. The van der Waals surface area contributed by atoms with Gasteiger partial charge < -0.3 is 9.47 Å². The van der Waals surface area contributed by atoms with Gasteiger partial charge in [0.25, 0.3) is 5.91 Å². The minimum Gasteiger partial charge on any atom is -0.484 e. The maximum Gasteiger partial charge on any atom is 0.264 e. The zero-order valence-corrected chi connectivity index (χ0v) is 13.6. The number of benzene rings is 1. The number of ether oxygens (including phenoxy) is 2. The van der Waals surface area contributed by atoms with E-state index in [2.05, 4.69) is 29.4 Å². The van der Waals surface area contributed by atoms with Crippen LogP contribution >= 0.6 is 11.3 Å². The molecule has 7 heteroatoms. The maximum atomic E-state index is 11.8. The highest BCUT2D eigenvalue weighted by Gasteiger charge is 2.09. The van der Waals surface area contributed by atoms with Gasteiger partial charge in [-0.2, -0.15) is 0 Å². The highest BCUT2D eigenvalue weighted by Crippen LogP contribution is 2.19. The Kier molecular flexibility index (Phi) is 5.85. The molecule has 2 rings (SSSR count). The summed E-state index contributed by atoms with van der Waals surface area (Å²) >= 11 is 1.28. The van der Waals surface area contributed by atoms with E-state index in [1.165, 1.54) is 16.9 Å². The van der Waals surface area contributed by atoms with Crippen molar-refractivity contribution in [2.75, 3.05) is 19.0 Å². The summed E-state index contributed by atoms with van der Waals surface area (Å²) in [5, 5.41) is 11.6. The van der Waals surface area contributed by atoms with Crippen LogP contribution in [0.3, 0.4) is 0 Å². The van der Waals surface area contributed by atoms with E-state index in [9.17, 15) is 4.79 Å². The van der Waals surface area contributed by atoms with Crippen LogP contribution in [0.1, 0.15) is 30.3 Å². The van der Waals surface area contributed by atoms with Crippen molar-refractivity contribution >= 4 is 22.4 Å². The first-order valence-electron chi connectivity index (χ1n) is 6.92. The predicted molar refractivity (Wildman–Crippen MR) is 85.3 cm³/mol. The molecular formula is C15H19N3O3S. The summed E-state index contributed by atoms with van der Waals surface area (Å²) in [6.45, 7) is 4.57. The van der Waals surface area contributed by atoms with Gasteiger partial charge in [0.05, 0.1) is 0 Å². The minimum atomic E-state index is -0.270. The number of carbonyl (C=O) groups is 1. The van der Waals surface area contributed by atoms with E-state index in [1.54, 1.807) is 7.11 Å². The quantitative estimate of drug-likeness (QED) is 0.849. The van der Waals surface area contributed by atoms with Crippen LogP contribution in [0, 0.1) is 0 Å². The lowest BCUT2D eigenvalue weighted by molar-refractivity contribution is -0.118. The van der Waals surface area contributed by atoms with E-state index in [-0.39, 0.29) is 12.5 Å². The number of carbonyl (C=O) groups excluding carboxylic acids is 1. The monoisotopic (exact) mass is 321 g/mol. The summed E-state index contributed by atoms with van der Waals surface area (Å²) < 4.78 is 10.4. The van der Waals surface area contributed by atoms with Crippen LogP contribution in [-0.4, -0.2) is 29.8 Å². The molecule has 118 valence electrons. The van der Waals surface area contributed by atoms with Gasteiger partial charge in [0.2, 0.25) is 5.13 Å². The van der Waals surface area contributed by atoms with Crippen molar-refractivity contribution in [2.24, 2.45) is 0 Å². The first kappa shape index (κ1) is 16.4. The SMILES string of the molecule is COCc1nnc(NC(=O)COc2ccc(C(C)C)cc2)s1. The van der Waals surface area contributed by atoms with E-state index in [4.69, 9.17) is 9.47 Å². The molecule has 1 heterocycles. The van der Waals surface area contributed by atoms with Gasteiger partial charge in [-0.3, -0.25) is 10.1 Å². The highest BCUT2D eigenvalue weighted by molar-refractivity contribution is 7.15. The molecule has 0 spiro atoms. The second kappa shape index (κ2) is 7.86. The second-order valence-corrected chi connectivity index (χ2v) is 6.06. The van der Waals surface area contributed by atoms with Crippen LogP contribution in [0.5, 0.6) is 5.75 Å². The van der Waals surface area contributed by atoms with Crippen LogP contribution in [0.4, 0.5) is 5.13 Å². The molecule has 0 unspecified atom stereocenters.